The number of ether oxygens (including phenoxy) is 1. The Morgan fingerprint density at radius 3 is 2.90 bits per heavy atom. The van der Waals surface area contributed by atoms with Crippen molar-refractivity contribution in [1.29, 1.82) is 0 Å². The van der Waals surface area contributed by atoms with Gasteiger partial charge in [-0.2, -0.15) is 0 Å². The molecule has 1 heterocycles. The SMILES string of the molecule is CNC(=O)C1COCCN1C(=O)c1ccc(Br)c(F)c1. The van der Waals surface area contributed by atoms with Crippen LogP contribution in [0, 0.1) is 5.82 Å². The van der Waals surface area contributed by atoms with E-state index in [1.165, 1.54) is 24.1 Å². The summed E-state index contributed by atoms with van der Waals surface area (Å²) in [6, 6.07) is 3.46. The molecule has 0 bridgehead atoms. The number of morpholine rings is 1. The Bertz CT molecular complexity index is 538. The maximum atomic E-state index is 13.5. The zero-order valence-corrected chi connectivity index (χ0v) is 12.4. The fourth-order valence-corrected chi connectivity index (χ4v) is 2.27. The van der Waals surface area contributed by atoms with Crippen molar-refractivity contribution in [2.45, 2.75) is 6.04 Å². The molecule has 0 saturated carbocycles. The number of halogens is 2. The molecule has 2 rings (SSSR count). The van der Waals surface area contributed by atoms with Gasteiger partial charge in [-0.1, -0.05) is 0 Å². The Kier molecular flexibility index (Phi) is 4.72. The van der Waals surface area contributed by atoms with Gasteiger partial charge in [0.1, 0.15) is 11.9 Å². The lowest BCUT2D eigenvalue weighted by molar-refractivity contribution is -0.130. The summed E-state index contributed by atoms with van der Waals surface area (Å²) in [7, 11) is 1.50. The van der Waals surface area contributed by atoms with E-state index in [0.717, 1.165) is 6.07 Å². The number of benzene rings is 1. The normalized spacial score (nSPS) is 18.8. The van der Waals surface area contributed by atoms with Crippen LogP contribution in [0.2, 0.25) is 0 Å². The molecule has 1 aromatic carbocycles. The molecule has 20 heavy (non-hydrogen) atoms. The van der Waals surface area contributed by atoms with Gasteiger partial charge in [0.2, 0.25) is 5.91 Å². The number of amides is 2. The van der Waals surface area contributed by atoms with Gasteiger partial charge < -0.3 is 15.0 Å². The van der Waals surface area contributed by atoms with Crippen molar-refractivity contribution in [3.05, 3.63) is 34.1 Å². The molecule has 2 amide bonds. The number of rotatable bonds is 2. The molecule has 1 fully saturated rings. The summed E-state index contributed by atoms with van der Waals surface area (Å²) in [5.41, 5.74) is 0.210. The second-order valence-corrected chi connectivity index (χ2v) is 5.19. The predicted molar refractivity (Wildman–Crippen MR) is 73.8 cm³/mol. The molecule has 5 nitrogen and oxygen atoms in total. The van der Waals surface area contributed by atoms with E-state index in [9.17, 15) is 14.0 Å². The van der Waals surface area contributed by atoms with Gasteiger partial charge in [0.15, 0.2) is 0 Å². The van der Waals surface area contributed by atoms with Gasteiger partial charge in [0, 0.05) is 19.2 Å². The van der Waals surface area contributed by atoms with Crippen LogP contribution in [0.5, 0.6) is 0 Å². The average molecular weight is 345 g/mol. The molecule has 108 valence electrons. The zero-order chi connectivity index (χ0) is 14.7. The van der Waals surface area contributed by atoms with Crippen molar-refractivity contribution in [1.82, 2.24) is 10.2 Å². The van der Waals surface area contributed by atoms with Crippen molar-refractivity contribution >= 4 is 27.7 Å². The molecular weight excluding hydrogens is 331 g/mol. The van der Waals surface area contributed by atoms with Crippen LogP contribution in [0.15, 0.2) is 22.7 Å². The standard InChI is InChI=1S/C13H14BrFN2O3/c1-16-12(18)11-7-20-5-4-17(11)13(19)8-2-3-9(14)10(15)6-8/h2-3,6,11H,4-5,7H2,1H3,(H,16,18). The molecule has 1 aliphatic heterocycles. The second kappa shape index (κ2) is 6.32. The first-order chi connectivity index (χ1) is 9.54. The molecule has 1 atom stereocenters. The van der Waals surface area contributed by atoms with E-state index in [1.807, 2.05) is 0 Å². The predicted octanol–water partition coefficient (Wildman–Crippen LogP) is 1.18. The van der Waals surface area contributed by atoms with Gasteiger partial charge in [0.05, 0.1) is 17.7 Å². The molecule has 0 aliphatic carbocycles. The molecule has 1 aromatic rings. The number of hydrogen-bond acceptors (Lipinski definition) is 3. The molecule has 1 unspecified atom stereocenters. The average Bonchev–Trinajstić information content (AvgIpc) is 2.48. The lowest BCUT2D eigenvalue weighted by atomic mass is 10.1. The monoisotopic (exact) mass is 344 g/mol. The highest BCUT2D eigenvalue weighted by molar-refractivity contribution is 9.10. The Hall–Kier alpha value is -1.47. The minimum atomic E-state index is -0.687. The third-order valence-electron chi connectivity index (χ3n) is 3.10. The van der Waals surface area contributed by atoms with Crippen molar-refractivity contribution in [2.24, 2.45) is 0 Å². The summed E-state index contributed by atoms with van der Waals surface area (Å²) in [6.45, 7) is 0.803. The smallest absolute Gasteiger partial charge is 0.254 e. The Labute approximate surface area is 124 Å². The highest BCUT2D eigenvalue weighted by Gasteiger charge is 2.32. The number of nitrogens with one attached hydrogen (secondary N) is 1. The van der Waals surface area contributed by atoms with E-state index in [-0.39, 0.29) is 24.0 Å². The Morgan fingerprint density at radius 2 is 2.25 bits per heavy atom. The summed E-state index contributed by atoms with van der Waals surface area (Å²) < 4.78 is 19.0. The fraction of sp³-hybridized carbons (Fsp3) is 0.385. The molecular formula is C13H14BrFN2O3. The van der Waals surface area contributed by atoms with Crippen LogP contribution in [-0.4, -0.2) is 49.6 Å². The first-order valence-corrected chi connectivity index (χ1v) is 6.89. The third kappa shape index (κ3) is 2.99. The van der Waals surface area contributed by atoms with Gasteiger partial charge in [-0.15, -0.1) is 0 Å². The quantitative estimate of drug-likeness (QED) is 0.876. The molecule has 1 saturated heterocycles. The zero-order valence-electron chi connectivity index (χ0n) is 10.9. The summed E-state index contributed by atoms with van der Waals surface area (Å²) >= 11 is 3.04. The van der Waals surface area contributed by atoms with E-state index in [0.29, 0.717) is 17.6 Å². The Balaban J connectivity index is 2.25. The number of hydrogen-bond donors (Lipinski definition) is 1. The topological polar surface area (TPSA) is 58.6 Å². The molecule has 0 aromatic heterocycles. The van der Waals surface area contributed by atoms with E-state index >= 15 is 0 Å². The van der Waals surface area contributed by atoms with Crippen molar-refractivity contribution in [2.75, 3.05) is 26.8 Å². The molecule has 1 N–H and O–H groups in total. The lowest BCUT2D eigenvalue weighted by Crippen LogP contribution is -2.55. The van der Waals surface area contributed by atoms with Gasteiger partial charge in [-0.3, -0.25) is 9.59 Å². The van der Waals surface area contributed by atoms with Crippen LogP contribution in [-0.2, 0) is 9.53 Å². The van der Waals surface area contributed by atoms with E-state index in [4.69, 9.17) is 4.74 Å². The number of carbonyl (C=O) groups excluding carboxylic acids is 2. The summed E-state index contributed by atoms with van der Waals surface area (Å²) in [5.74, 6) is -1.19. The van der Waals surface area contributed by atoms with E-state index < -0.39 is 11.9 Å². The van der Waals surface area contributed by atoms with Gasteiger partial charge in [-0.25, -0.2) is 4.39 Å². The van der Waals surface area contributed by atoms with Crippen LogP contribution >= 0.6 is 15.9 Å². The van der Waals surface area contributed by atoms with Crippen LogP contribution in [0.25, 0.3) is 0 Å². The third-order valence-corrected chi connectivity index (χ3v) is 3.75. The minimum Gasteiger partial charge on any atom is -0.377 e. The number of nitrogens with zero attached hydrogens (tertiary/aromatic N) is 1. The lowest BCUT2D eigenvalue weighted by Gasteiger charge is -2.34. The van der Waals surface area contributed by atoms with Gasteiger partial charge in [-0.05, 0) is 34.1 Å². The van der Waals surface area contributed by atoms with Gasteiger partial charge in [0.25, 0.3) is 5.91 Å². The maximum absolute atomic E-state index is 13.5. The van der Waals surface area contributed by atoms with Gasteiger partial charge >= 0.3 is 0 Å². The van der Waals surface area contributed by atoms with Crippen LogP contribution in [0.1, 0.15) is 10.4 Å². The largest absolute Gasteiger partial charge is 0.377 e. The summed E-state index contributed by atoms with van der Waals surface area (Å²) in [4.78, 5) is 25.6. The van der Waals surface area contributed by atoms with E-state index in [2.05, 4.69) is 21.2 Å². The van der Waals surface area contributed by atoms with E-state index in [1.54, 1.807) is 0 Å². The summed E-state index contributed by atoms with van der Waals surface area (Å²) in [5, 5.41) is 2.50. The highest BCUT2D eigenvalue weighted by Crippen LogP contribution is 2.19. The molecule has 0 spiro atoms. The van der Waals surface area contributed by atoms with Crippen LogP contribution < -0.4 is 5.32 Å². The van der Waals surface area contributed by atoms with Crippen molar-refractivity contribution < 1.29 is 18.7 Å². The first-order valence-electron chi connectivity index (χ1n) is 6.10. The van der Waals surface area contributed by atoms with Crippen LogP contribution in [0.4, 0.5) is 4.39 Å². The number of carbonyl (C=O) groups is 2. The molecule has 1 aliphatic rings. The Morgan fingerprint density at radius 1 is 1.50 bits per heavy atom. The fourth-order valence-electron chi connectivity index (χ4n) is 2.03. The molecule has 7 heteroatoms. The maximum Gasteiger partial charge on any atom is 0.254 e. The summed E-state index contributed by atoms with van der Waals surface area (Å²) in [6.07, 6.45) is 0. The first kappa shape index (κ1) is 14.9. The van der Waals surface area contributed by atoms with Crippen LogP contribution in [0.3, 0.4) is 0 Å². The number of likely N-dealkylation sites (N-methyl/N-ethyl adjacent to an activating group) is 1. The molecule has 0 radical (unpaired) electrons. The minimum absolute atomic E-state index is 0.143. The van der Waals surface area contributed by atoms with Crippen molar-refractivity contribution in [3.63, 3.8) is 0 Å². The second-order valence-electron chi connectivity index (χ2n) is 4.33. The van der Waals surface area contributed by atoms with Crippen molar-refractivity contribution in [3.8, 4) is 0 Å². The highest BCUT2D eigenvalue weighted by atomic mass is 79.9.